The van der Waals surface area contributed by atoms with Crippen LogP contribution in [-0.4, -0.2) is 57.3 Å². The van der Waals surface area contributed by atoms with Gasteiger partial charge >= 0.3 is 12.1 Å². The number of hydrogen-bond acceptors (Lipinski definition) is 5. The Labute approximate surface area is 181 Å². The summed E-state index contributed by atoms with van der Waals surface area (Å²) in [5.41, 5.74) is -3.31. The fraction of sp³-hybridized carbons (Fsp3) is 0.826. The minimum atomic E-state index is -1.24. The van der Waals surface area contributed by atoms with Gasteiger partial charge in [0.2, 0.25) is 0 Å². The maximum atomic E-state index is 13.2. The predicted molar refractivity (Wildman–Crippen MR) is 116 cm³/mol. The molecule has 1 heterocycles. The number of aliphatic hydroxyl groups excluding tert-OH is 1. The first kappa shape index (κ1) is 26.4. The number of rotatable bonds is 8. The zero-order valence-corrected chi connectivity index (χ0v) is 20.1. The van der Waals surface area contributed by atoms with Crippen LogP contribution in [0.2, 0.25) is 0 Å². The number of amides is 1. The summed E-state index contributed by atoms with van der Waals surface area (Å²) in [7, 11) is 0. The molecule has 7 heteroatoms. The van der Waals surface area contributed by atoms with E-state index in [1.807, 2.05) is 32.9 Å². The van der Waals surface area contributed by atoms with Gasteiger partial charge in [-0.3, -0.25) is 9.69 Å². The Balaban J connectivity index is 3.52. The highest BCUT2D eigenvalue weighted by Gasteiger charge is 2.59. The van der Waals surface area contributed by atoms with E-state index in [2.05, 4.69) is 0 Å². The van der Waals surface area contributed by atoms with Crippen LogP contribution in [0.5, 0.6) is 0 Å². The first-order chi connectivity index (χ1) is 13.5. The normalized spacial score (nSPS) is 24.1. The average Bonchev–Trinajstić information content (AvgIpc) is 2.81. The number of carboxylic acids is 1. The van der Waals surface area contributed by atoms with Crippen LogP contribution in [0.25, 0.3) is 0 Å². The first-order valence-corrected chi connectivity index (χ1v) is 10.7. The van der Waals surface area contributed by atoms with Gasteiger partial charge in [0.05, 0.1) is 17.6 Å². The molecular formula is C23H41NO6. The first-order valence-electron chi connectivity index (χ1n) is 10.7. The summed E-state index contributed by atoms with van der Waals surface area (Å²) in [6.07, 6.45) is 3.63. The van der Waals surface area contributed by atoms with Gasteiger partial charge in [-0.15, -0.1) is 0 Å². The fourth-order valence-corrected chi connectivity index (χ4v) is 4.06. The Morgan fingerprint density at radius 1 is 1.17 bits per heavy atom. The molecule has 7 nitrogen and oxygen atoms in total. The number of ether oxygens (including phenoxy) is 2. The van der Waals surface area contributed by atoms with E-state index in [9.17, 15) is 19.8 Å². The lowest BCUT2D eigenvalue weighted by atomic mass is 9.73. The van der Waals surface area contributed by atoms with Gasteiger partial charge in [-0.05, 0) is 73.1 Å². The van der Waals surface area contributed by atoms with E-state index in [1.54, 1.807) is 46.4 Å². The summed E-state index contributed by atoms with van der Waals surface area (Å²) < 4.78 is 12.0. The second-order valence-corrected chi connectivity index (χ2v) is 10.7. The highest BCUT2D eigenvalue weighted by molar-refractivity contribution is 5.76. The van der Waals surface area contributed by atoms with Gasteiger partial charge in [-0.25, -0.2) is 4.79 Å². The molecule has 0 aliphatic carbocycles. The van der Waals surface area contributed by atoms with E-state index in [-0.39, 0.29) is 18.4 Å². The van der Waals surface area contributed by atoms with Crippen molar-refractivity contribution < 1.29 is 29.3 Å². The van der Waals surface area contributed by atoms with Crippen molar-refractivity contribution in [2.45, 2.75) is 105 Å². The van der Waals surface area contributed by atoms with E-state index in [1.165, 1.54) is 0 Å². The molecule has 30 heavy (non-hydrogen) atoms. The summed E-state index contributed by atoms with van der Waals surface area (Å²) in [5, 5.41) is 19.6. The molecule has 1 fully saturated rings. The van der Waals surface area contributed by atoms with Crippen molar-refractivity contribution in [1.29, 1.82) is 0 Å². The Bertz CT molecular complexity index is 649. The highest BCUT2D eigenvalue weighted by atomic mass is 16.6. The SMILES string of the molecule is CC=CC[C@@](C)(C(=O)O)[C@@H]1OC(C)(C)N(C(=O)OC(C)(C)C)[C@H]1CC(C)(C)CCO. The molecule has 0 aromatic heterocycles. The van der Waals surface area contributed by atoms with Gasteiger partial charge in [-0.2, -0.15) is 0 Å². The molecule has 2 N–H and O–H groups in total. The Morgan fingerprint density at radius 3 is 2.17 bits per heavy atom. The molecule has 1 rings (SSSR count). The van der Waals surface area contributed by atoms with Gasteiger partial charge in [0.1, 0.15) is 11.3 Å². The zero-order valence-electron chi connectivity index (χ0n) is 20.1. The molecule has 0 bridgehead atoms. The molecule has 1 saturated heterocycles. The number of aliphatic carboxylic acids is 1. The minimum Gasteiger partial charge on any atom is -0.481 e. The third kappa shape index (κ3) is 6.20. The van der Waals surface area contributed by atoms with Crippen molar-refractivity contribution in [2.24, 2.45) is 10.8 Å². The molecule has 174 valence electrons. The van der Waals surface area contributed by atoms with Gasteiger partial charge in [-0.1, -0.05) is 26.0 Å². The Morgan fingerprint density at radius 2 is 1.73 bits per heavy atom. The number of carboxylic acid groups (broad SMARTS) is 1. The number of aliphatic hydroxyl groups is 1. The van der Waals surface area contributed by atoms with Crippen molar-refractivity contribution in [3.8, 4) is 0 Å². The lowest BCUT2D eigenvalue weighted by Gasteiger charge is -2.39. The lowest BCUT2D eigenvalue weighted by Crippen LogP contribution is -2.53. The van der Waals surface area contributed by atoms with E-state index in [4.69, 9.17) is 9.47 Å². The highest BCUT2D eigenvalue weighted by Crippen LogP contribution is 2.47. The van der Waals surface area contributed by atoms with Crippen LogP contribution in [-0.2, 0) is 14.3 Å². The third-order valence-electron chi connectivity index (χ3n) is 5.71. The second kappa shape index (κ2) is 9.27. The number of allylic oxidation sites excluding steroid dienone is 2. The molecule has 1 aliphatic heterocycles. The monoisotopic (exact) mass is 427 g/mol. The molecular weight excluding hydrogens is 386 g/mol. The molecule has 0 radical (unpaired) electrons. The van der Waals surface area contributed by atoms with Crippen LogP contribution >= 0.6 is 0 Å². The van der Waals surface area contributed by atoms with E-state index >= 15 is 0 Å². The van der Waals surface area contributed by atoms with Crippen LogP contribution in [0.4, 0.5) is 4.79 Å². The molecule has 3 atom stereocenters. The number of carbonyl (C=O) groups is 2. The summed E-state index contributed by atoms with van der Waals surface area (Å²) in [6, 6.07) is -0.525. The van der Waals surface area contributed by atoms with Crippen LogP contribution < -0.4 is 0 Å². The number of hydrogen-bond donors (Lipinski definition) is 2. The number of nitrogens with zero attached hydrogens (tertiary/aromatic N) is 1. The van der Waals surface area contributed by atoms with Crippen molar-refractivity contribution in [3.63, 3.8) is 0 Å². The summed E-state index contributed by atoms with van der Waals surface area (Å²) in [4.78, 5) is 27.1. The van der Waals surface area contributed by atoms with Gasteiger partial charge in [0, 0.05) is 6.61 Å². The van der Waals surface area contributed by atoms with Gasteiger partial charge in [0.25, 0.3) is 0 Å². The Hall–Kier alpha value is -1.60. The topological polar surface area (TPSA) is 96.3 Å². The standard InChI is InChI=1S/C23H41NO6/c1-10-11-12-23(9,18(26)27)17-16(15-21(5,6)13-14-25)24(22(7,8)29-17)19(28)30-20(2,3)4/h10-11,16-17,25H,12-15H2,1-9H3,(H,26,27)/t16-,17+,23+/m0/s1. The molecule has 0 aromatic carbocycles. The van der Waals surface area contributed by atoms with Crippen molar-refractivity contribution >= 4 is 12.1 Å². The quantitative estimate of drug-likeness (QED) is 0.550. The zero-order chi connectivity index (χ0) is 23.5. The third-order valence-corrected chi connectivity index (χ3v) is 5.71. The van der Waals surface area contributed by atoms with Crippen LogP contribution in [0, 0.1) is 10.8 Å². The molecule has 0 spiro atoms. The second-order valence-electron chi connectivity index (χ2n) is 10.7. The van der Waals surface area contributed by atoms with Crippen molar-refractivity contribution in [3.05, 3.63) is 12.2 Å². The van der Waals surface area contributed by atoms with E-state index in [0.29, 0.717) is 12.8 Å². The summed E-state index contributed by atoms with van der Waals surface area (Å²) in [6.45, 7) is 16.4. The summed E-state index contributed by atoms with van der Waals surface area (Å²) in [5.74, 6) is -0.975. The molecule has 1 aliphatic rings. The largest absolute Gasteiger partial charge is 0.481 e. The lowest BCUT2D eigenvalue weighted by molar-refractivity contribution is -0.162. The van der Waals surface area contributed by atoms with Gasteiger partial charge in [0.15, 0.2) is 0 Å². The fourth-order valence-electron chi connectivity index (χ4n) is 4.06. The molecule has 1 amide bonds. The molecule has 0 saturated carbocycles. The van der Waals surface area contributed by atoms with Crippen molar-refractivity contribution in [2.75, 3.05) is 6.61 Å². The minimum absolute atomic E-state index is 0.00977. The van der Waals surface area contributed by atoms with Crippen LogP contribution in [0.15, 0.2) is 12.2 Å². The maximum absolute atomic E-state index is 13.2. The number of carbonyl (C=O) groups excluding carboxylic acids is 1. The smallest absolute Gasteiger partial charge is 0.412 e. The van der Waals surface area contributed by atoms with Crippen LogP contribution in [0.1, 0.15) is 81.6 Å². The van der Waals surface area contributed by atoms with E-state index in [0.717, 1.165) is 0 Å². The van der Waals surface area contributed by atoms with Crippen molar-refractivity contribution in [1.82, 2.24) is 4.90 Å². The molecule has 0 aromatic rings. The van der Waals surface area contributed by atoms with Crippen LogP contribution in [0.3, 0.4) is 0 Å². The summed E-state index contributed by atoms with van der Waals surface area (Å²) >= 11 is 0. The maximum Gasteiger partial charge on any atom is 0.412 e. The average molecular weight is 428 g/mol. The molecule has 0 unspecified atom stereocenters. The Kier molecular flexibility index (Phi) is 8.16. The van der Waals surface area contributed by atoms with Gasteiger partial charge < -0.3 is 19.7 Å². The van der Waals surface area contributed by atoms with E-state index < -0.39 is 40.9 Å². The predicted octanol–water partition coefficient (Wildman–Crippen LogP) is 4.58.